The van der Waals surface area contributed by atoms with E-state index < -0.39 is 0 Å². The summed E-state index contributed by atoms with van der Waals surface area (Å²) in [7, 11) is 0. The van der Waals surface area contributed by atoms with E-state index in [1.165, 1.54) is 65.1 Å². The van der Waals surface area contributed by atoms with E-state index in [0.717, 1.165) is 5.92 Å². The van der Waals surface area contributed by atoms with Crippen LogP contribution in [0.4, 0.5) is 0 Å². The van der Waals surface area contributed by atoms with Gasteiger partial charge in [0.2, 0.25) is 0 Å². The Bertz CT molecular complexity index is 212. The zero-order valence-corrected chi connectivity index (χ0v) is 11.6. The maximum Gasteiger partial charge on any atom is 0.0109 e. The normalized spacial score (nSPS) is 27.4. The van der Waals surface area contributed by atoms with Gasteiger partial charge in [-0.25, -0.2) is 0 Å². The van der Waals surface area contributed by atoms with Crippen LogP contribution < -0.4 is 5.32 Å². The lowest BCUT2D eigenvalue weighted by Gasteiger charge is -2.21. The van der Waals surface area contributed by atoms with Crippen molar-refractivity contribution in [3.05, 3.63) is 0 Å². The molecule has 1 atom stereocenters. The van der Waals surface area contributed by atoms with Crippen LogP contribution >= 0.6 is 0 Å². The summed E-state index contributed by atoms with van der Waals surface area (Å²) in [5, 5.41) is 3.57. The second kappa shape index (κ2) is 6.72. The highest BCUT2D eigenvalue weighted by Crippen LogP contribution is 2.16. The van der Waals surface area contributed by atoms with E-state index >= 15 is 0 Å². The van der Waals surface area contributed by atoms with Crippen molar-refractivity contribution in [3.8, 4) is 0 Å². The van der Waals surface area contributed by atoms with Gasteiger partial charge in [-0.15, -0.1) is 0 Å². The van der Waals surface area contributed by atoms with Gasteiger partial charge < -0.3 is 15.1 Å². The van der Waals surface area contributed by atoms with E-state index in [9.17, 15) is 0 Å². The van der Waals surface area contributed by atoms with Crippen molar-refractivity contribution in [1.29, 1.82) is 0 Å². The molecule has 100 valence electrons. The molecular formula is C14H29N3. The molecular weight excluding hydrogens is 210 g/mol. The first-order valence-electron chi connectivity index (χ1n) is 7.42. The monoisotopic (exact) mass is 239 g/mol. The molecule has 0 spiro atoms. The molecule has 0 aromatic heterocycles. The zero-order valence-electron chi connectivity index (χ0n) is 11.6. The van der Waals surface area contributed by atoms with E-state index in [1.807, 2.05) is 0 Å². The fourth-order valence-electron chi connectivity index (χ4n) is 2.97. The van der Waals surface area contributed by atoms with Crippen LogP contribution in [0, 0.1) is 5.92 Å². The van der Waals surface area contributed by atoms with E-state index in [-0.39, 0.29) is 0 Å². The maximum atomic E-state index is 3.57. The van der Waals surface area contributed by atoms with Crippen LogP contribution in [-0.2, 0) is 0 Å². The molecule has 17 heavy (non-hydrogen) atoms. The third kappa shape index (κ3) is 4.57. The summed E-state index contributed by atoms with van der Waals surface area (Å²) in [5.41, 5.74) is 0. The average molecular weight is 239 g/mol. The highest BCUT2D eigenvalue weighted by atomic mass is 15.2. The van der Waals surface area contributed by atoms with Gasteiger partial charge in [0, 0.05) is 25.7 Å². The van der Waals surface area contributed by atoms with Gasteiger partial charge >= 0.3 is 0 Å². The first-order chi connectivity index (χ1) is 8.24. The third-order valence-electron chi connectivity index (χ3n) is 4.12. The highest BCUT2D eigenvalue weighted by molar-refractivity contribution is 4.79. The molecule has 0 aromatic rings. The van der Waals surface area contributed by atoms with Gasteiger partial charge in [-0.2, -0.15) is 0 Å². The standard InChI is InChI=1S/C14H29N3/c1-13(2)15-11-14-5-8-17(12-14)10-9-16-6-3-4-7-16/h13-15H,3-12H2,1-2H3. The SMILES string of the molecule is CC(C)NCC1CCN(CCN2CCCC2)C1. The summed E-state index contributed by atoms with van der Waals surface area (Å²) in [6.07, 6.45) is 4.22. The fourth-order valence-corrected chi connectivity index (χ4v) is 2.97. The molecule has 2 aliphatic heterocycles. The fraction of sp³-hybridized carbons (Fsp3) is 1.00. The largest absolute Gasteiger partial charge is 0.314 e. The summed E-state index contributed by atoms with van der Waals surface area (Å²) < 4.78 is 0. The molecule has 1 unspecified atom stereocenters. The maximum absolute atomic E-state index is 3.57. The molecule has 0 saturated carbocycles. The minimum Gasteiger partial charge on any atom is -0.314 e. The Morgan fingerprint density at radius 2 is 1.76 bits per heavy atom. The van der Waals surface area contributed by atoms with Gasteiger partial charge in [0.15, 0.2) is 0 Å². The Hall–Kier alpha value is -0.120. The second-order valence-electron chi connectivity index (χ2n) is 6.07. The van der Waals surface area contributed by atoms with Crippen molar-refractivity contribution >= 4 is 0 Å². The Balaban J connectivity index is 1.57. The number of likely N-dealkylation sites (tertiary alicyclic amines) is 2. The van der Waals surface area contributed by atoms with Crippen molar-refractivity contribution in [2.45, 2.75) is 39.2 Å². The number of nitrogens with one attached hydrogen (secondary N) is 1. The van der Waals surface area contributed by atoms with Crippen LogP contribution in [0.25, 0.3) is 0 Å². The Labute approximate surface area is 107 Å². The van der Waals surface area contributed by atoms with Gasteiger partial charge in [-0.05, 0) is 51.4 Å². The van der Waals surface area contributed by atoms with Crippen LogP contribution in [0.2, 0.25) is 0 Å². The first kappa shape index (κ1) is 13.3. The number of hydrogen-bond acceptors (Lipinski definition) is 3. The van der Waals surface area contributed by atoms with Gasteiger partial charge in [0.25, 0.3) is 0 Å². The Morgan fingerprint density at radius 1 is 1.06 bits per heavy atom. The quantitative estimate of drug-likeness (QED) is 0.756. The smallest absolute Gasteiger partial charge is 0.0109 e. The molecule has 2 heterocycles. The number of hydrogen-bond donors (Lipinski definition) is 1. The first-order valence-corrected chi connectivity index (χ1v) is 7.42. The molecule has 2 aliphatic rings. The summed E-state index contributed by atoms with van der Waals surface area (Å²) in [4.78, 5) is 5.28. The lowest BCUT2D eigenvalue weighted by Crippen LogP contribution is -2.34. The van der Waals surface area contributed by atoms with Gasteiger partial charge in [-0.3, -0.25) is 0 Å². The molecule has 2 fully saturated rings. The van der Waals surface area contributed by atoms with Crippen LogP contribution in [0.15, 0.2) is 0 Å². The van der Waals surface area contributed by atoms with Crippen molar-refractivity contribution < 1.29 is 0 Å². The lowest BCUT2D eigenvalue weighted by molar-refractivity contribution is 0.251. The predicted molar refractivity (Wildman–Crippen MR) is 73.4 cm³/mol. The van der Waals surface area contributed by atoms with Crippen LogP contribution in [0.1, 0.15) is 33.1 Å². The second-order valence-corrected chi connectivity index (χ2v) is 6.07. The minimum atomic E-state index is 0.633. The van der Waals surface area contributed by atoms with Crippen molar-refractivity contribution in [1.82, 2.24) is 15.1 Å². The molecule has 0 aromatic carbocycles. The van der Waals surface area contributed by atoms with Gasteiger partial charge in [0.05, 0.1) is 0 Å². The van der Waals surface area contributed by atoms with E-state index in [4.69, 9.17) is 0 Å². The van der Waals surface area contributed by atoms with Crippen LogP contribution in [-0.4, -0.2) is 61.7 Å². The summed E-state index contributed by atoms with van der Waals surface area (Å²) in [5.74, 6) is 0.885. The molecule has 1 N–H and O–H groups in total. The Kier molecular flexibility index (Phi) is 5.26. The molecule has 2 saturated heterocycles. The number of rotatable bonds is 6. The Morgan fingerprint density at radius 3 is 2.47 bits per heavy atom. The zero-order chi connectivity index (χ0) is 12.1. The third-order valence-corrected chi connectivity index (χ3v) is 4.12. The molecule has 0 amide bonds. The molecule has 0 aliphatic carbocycles. The summed E-state index contributed by atoms with van der Waals surface area (Å²) >= 11 is 0. The average Bonchev–Trinajstić information content (AvgIpc) is 2.95. The highest BCUT2D eigenvalue weighted by Gasteiger charge is 2.22. The van der Waals surface area contributed by atoms with E-state index in [1.54, 1.807) is 0 Å². The topological polar surface area (TPSA) is 18.5 Å². The molecule has 3 heteroatoms. The summed E-state index contributed by atoms with van der Waals surface area (Å²) in [6, 6.07) is 0.633. The molecule has 0 radical (unpaired) electrons. The number of nitrogens with zero attached hydrogens (tertiary/aromatic N) is 2. The minimum absolute atomic E-state index is 0.633. The molecule has 3 nitrogen and oxygen atoms in total. The van der Waals surface area contributed by atoms with E-state index in [2.05, 4.69) is 29.0 Å². The van der Waals surface area contributed by atoms with Crippen molar-refractivity contribution in [3.63, 3.8) is 0 Å². The molecule has 2 rings (SSSR count). The van der Waals surface area contributed by atoms with Crippen LogP contribution in [0.5, 0.6) is 0 Å². The van der Waals surface area contributed by atoms with Crippen molar-refractivity contribution in [2.75, 3.05) is 45.8 Å². The lowest BCUT2D eigenvalue weighted by atomic mass is 10.1. The van der Waals surface area contributed by atoms with Crippen molar-refractivity contribution in [2.24, 2.45) is 5.92 Å². The van der Waals surface area contributed by atoms with Gasteiger partial charge in [0.1, 0.15) is 0 Å². The molecule has 0 bridgehead atoms. The summed E-state index contributed by atoms with van der Waals surface area (Å²) in [6.45, 7) is 13.6. The van der Waals surface area contributed by atoms with E-state index in [0.29, 0.717) is 6.04 Å². The van der Waals surface area contributed by atoms with Crippen LogP contribution in [0.3, 0.4) is 0 Å². The predicted octanol–water partition coefficient (Wildman–Crippen LogP) is 1.40. The van der Waals surface area contributed by atoms with Gasteiger partial charge in [-0.1, -0.05) is 13.8 Å².